The molecule has 18 heavy (non-hydrogen) atoms. The molecule has 1 saturated heterocycles. The van der Waals surface area contributed by atoms with Crippen molar-refractivity contribution in [3.8, 4) is 0 Å². The summed E-state index contributed by atoms with van der Waals surface area (Å²) in [5.74, 6) is 1.69. The Kier molecular flexibility index (Phi) is 5.10. The molecule has 0 bridgehead atoms. The molecular formula is C13H19Cl2N3. The molecule has 1 fully saturated rings. The summed E-state index contributed by atoms with van der Waals surface area (Å²) < 4.78 is 0. The highest BCUT2D eigenvalue weighted by Gasteiger charge is 2.21. The zero-order valence-electron chi connectivity index (χ0n) is 10.6. The number of nitrogens with zero attached hydrogens (tertiary/aromatic N) is 2. The van der Waals surface area contributed by atoms with Gasteiger partial charge in [0.25, 0.3) is 0 Å². The third-order valence-corrected chi connectivity index (χ3v) is 3.99. The number of pyridine rings is 1. The molecule has 0 aromatic carbocycles. The van der Waals surface area contributed by atoms with E-state index in [-0.39, 0.29) is 0 Å². The molecule has 1 aromatic heterocycles. The molecule has 0 saturated carbocycles. The van der Waals surface area contributed by atoms with Gasteiger partial charge >= 0.3 is 0 Å². The Morgan fingerprint density at radius 3 is 2.72 bits per heavy atom. The summed E-state index contributed by atoms with van der Waals surface area (Å²) in [6.07, 6.45) is 5.34. The van der Waals surface area contributed by atoms with E-state index in [1.54, 1.807) is 12.3 Å². The van der Waals surface area contributed by atoms with E-state index < -0.39 is 0 Å². The highest BCUT2D eigenvalue weighted by Crippen LogP contribution is 2.30. The summed E-state index contributed by atoms with van der Waals surface area (Å²) in [5.41, 5.74) is 0. The maximum Gasteiger partial charge on any atom is 0.147 e. The van der Waals surface area contributed by atoms with Crippen LogP contribution in [0.2, 0.25) is 10.0 Å². The largest absolute Gasteiger partial charge is 0.355 e. The van der Waals surface area contributed by atoms with Crippen LogP contribution in [0.5, 0.6) is 0 Å². The van der Waals surface area contributed by atoms with E-state index in [1.165, 1.54) is 19.3 Å². The zero-order chi connectivity index (χ0) is 13.0. The van der Waals surface area contributed by atoms with E-state index in [0.29, 0.717) is 10.0 Å². The van der Waals surface area contributed by atoms with E-state index >= 15 is 0 Å². The maximum atomic E-state index is 6.18. The molecular weight excluding hydrogens is 269 g/mol. The van der Waals surface area contributed by atoms with Gasteiger partial charge in [0.15, 0.2) is 0 Å². The topological polar surface area (TPSA) is 28.2 Å². The number of rotatable bonds is 4. The zero-order valence-corrected chi connectivity index (χ0v) is 12.1. The van der Waals surface area contributed by atoms with Gasteiger partial charge in [-0.15, -0.1) is 0 Å². The Balaban J connectivity index is 1.93. The maximum absolute atomic E-state index is 6.18. The van der Waals surface area contributed by atoms with Crippen molar-refractivity contribution in [3.05, 3.63) is 22.3 Å². The Bertz CT molecular complexity index is 390. The molecule has 0 radical (unpaired) electrons. The van der Waals surface area contributed by atoms with Gasteiger partial charge in [0.1, 0.15) is 5.82 Å². The predicted molar refractivity (Wildman–Crippen MR) is 77.7 cm³/mol. The molecule has 0 aliphatic carbocycles. The summed E-state index contributed by atoms with van der Waals surface area (Å²) >= 11 is 12.0. The van der Waals surface area contributed by atoms with Crippen LogP contribution in [0.4, 0.5) is 5.82 Å². The number of aromatic nitrogens is 1. The third-order valence-electron chi connectivity index (χ3n) is 3.51. The van der Waals surface area contributed by atoms with Gasteiger partial charge in [0.2, 0.25) is 0 Å². The summed E-state index contributed by atoms with van der Waals surface area (Å²) in [7, 11) is 2.01. The summed E-state index contributed by atoms with van der Waals surface area (Å²) in [6, 6.07) is 1.76. The Morgan fingerprint density at radius 1 is 1.39 bits per heavy atom. The molecule has 3 nitrogen and oxygen atoms in total. The highest BCUT2D eigenvalue weighted by molar-refractivity contribution is 6.36. The SMILES string of the molecule is CNCCC1CCN(c2ncc(Cl)cc2Cl)CC1. The average Bonchev–Trinajstić information content (AvgIpc) is 2.37. The molecule has 0 amide bonds. The molecule has 1 aromatic rings. The van der Waals surface area contributed by atoms with E-state index in [4.69, 9.17) is 23.2 Å². The first-order chi connectivity index (χ1) is 8.70. The molecule has 5 heteroatoms. The van der Waals surface area contributed by atoms with Crippen molar-refractivity contribution in [2.75, 3.05) is 31.6 Å². The lowest BCUT2D eigenvalue weighted by Gasteiger charge is -2.33. The minimum Gasteiger partial charge on any atom is -0.355 e. The van der Waals surface area contributed by atoms with Gasteiger partial charge in [-0.1, -0.05) is 23.2 Å². The van der Waals surface area contributed by atoms with Crippen LogP contribution in [0.3, 0.4) is 0 Å². The van der Waals surface area contributed by atoms with Gasteiger partial charge < -0.3 is 10.2 Å². The van der Waals surface area contributed by atoms with Gasteiger partial charge in [-0.05, 0) is 44.8 Å². The molecule has 100 valence electrons. The first kappa shape index (κ1) is 13.9. The highest BCUT2D eigenvalue weighted by atomic mass is 35.5. The molecule has 1 N–H and O–H groups in total. The Labute approximate surface area is 118 Å². The second-order valence-corrected chi connectivity index (χ2v) is 5.63. The first-order valence-electron chi connectivity index (χ1n) is 6.41. The first-order valence-corrected chi connectivity index (χ1v) is 7.17. The van der Waals surface area contributed by atoms with Crippen molar-refractivity contribution in [3.63, 3.8) is 0 Å². The van der Waals surface area contributed by atoms with Crippen LogP contribution in [0.25, 0.3) is 0 Å². The minimum absolute atomic E-state index is 0.590. The standard InChI is InChI=1S/C13H19Cl2N3/c1-16-5-2-10-3-6-18(7-4-10)13-12(15)8-11(14)9-17-13/h8-10,16H,2-7H2,1H3. The van der Waals surface area contributed by atoms with Crippen molar-refractivity contribution in [1.29, 1.82) is 0 Å². The summed E-state index contributed by atoms with van der Waals surface area (Å²) in [6.45, 7) is 3.16. The van der Waals surface area contributed by atoms with Gasteiger partial charge in [0, 0.05) is 19.3 Å². The van der Waals surface area contributed by atoms with E-state index in [9.17, 15) is 0 Å². The van der Waals surface area contributed by atoms with Crippen LogP contribution in [-0.4, -0.2) is 31.7 Å². The monoisotopic (exact) mass is 287 g/mol. The fourth-order valence-electron chi connectivity index (χ4n) is 2.42. The van der Waals surface area contributed by atoms with Crippen molar-refractivity contribution in [1.82, 2.24) is 10.3 Å². The molecule has 2 heterocycles. The van der Waals surface area contributed by atoms with Crippen molar-refractivity contribution >= 4 is 29.0 Å². The second-order valence-electron chi connectivity index (χ2n) is 4.78. The second kappa shape index (κ2) is 6.60. The number of hydrogen-bond acceptors (Lipinski definition) is 3. The molecule has 1 aliphatic rings. The van der Waals surface area contributed by atoms with Crippen LogP contribution in [0, 0.1) is 5.92 Å². The summed E-state index contributed by atoms with van der Waals surface area (Å²) in [5, 5.41) is 4.45. The normalized spacial score (nSPS) is 17.2. The van der Waals surface area contributed by atoms with Gasteiger partial charge in [0.05, 0.1) is 10.0 Å². The Morgan fingerprint density at radius 2 is 2.11 bits per heavy atom. The lowest BCUT2D eigenvalue weighted by molar-refractivity contribution is 0.377. The van der Waals surface area contributed by atoms with Gasteiger partial charge in [-0.3, -0.25) is 0 Å². The number of nitrogens with one attached hydrogen (secondary N) is 1. The number of anilines is 1. The quantitative estimate of drug-likeness (QED) is 0.922. The predicted octanol–water partition coefficient (Wildman–Crippen LogP) is 3.21. The van der Waals surface area contributed by atoms with Gasteiger partial charge in [-0.2, -0.15) is 0 Å². The number of piperidine rings is 1. The van der Waals surface area contributed by atoms with E-state index in [0.717, 1.165) is 31.4 Å². The number of hydrogen-bond donors (Lipinski definition) is 1. The van der Waals surface area contributed by atoms with Crippen molar-refractivity contribution in [2.24, 2.45) is 5.92 Å². The third kappa shape index (κ3) is 3.50. The van der Waals surface area contributed by atoms with Crippen LogP contribution in [0.1, 0.15) is 19.3 Å². The molecule has 0 unspecified atom stereocenters. The summed E-state index contributed by atoms with van der Waals surface area (Å²) in [4.78, 5) is 6.60. The van der Waals surface area contributed by atoms with Crippen molar-refractivity contribution < 1.29 is 0 Å². The lowest BCUT2D eigenvalue weighted by atomic mass is 9.93. The van der Waals surface area contributed by atoms with Crippen LogP contribution < -0.4 is 10.2 Å². The van der Waals surface area contributed by atoms with Crippen LogP contribution >= 0.6 is 23.2 Å². The van der Waals surface area contributed by atoms with Gasteiger partial charge in [-0.25, -0.2) is 4.98 Å². The Hall–Kier alpha value is -0.510. The average molecular weight is 288 g/mol. The molecule has 0 atom stereocenters. The smallest absolute Gasteiger partial charge is 0.147 e. The van der Waals surface area contributed by atoms with E-state index in [1.807, 2.05) is 7.05 Å². The fraction of sp³-hybridized carbons (Fsp3) is 0.615. The lowest BCUT2D eigenvalue weighted by Crippen LogP contribution is -2.35. The molecule has 1 aliphatic heterocycles. The fourth-order valence-corrected chi connectivity index (χ4v) is 2.92. The van der Waals surface area contributed by atoms with Crippen LogP contribution in [0.15, 0.2) is 12.3 Å². The van der Waals surface area contributed by atoms with E-state index in [2.05, 4.69) is 15.2 Å². The molecule has 0 spiro atoms. The van der Waals surface area contributed by atoms with Crippen molar-refractivity contribution in [2.45, 2.75) is 19.3 Å². The minimum atomic E-state index is 0.590. The molecule has 2 rings (SSSR count). The number of halogens is 2. The van der Waals surface area contributed by atoms with Crippen LogP contribution in [-0.2, 0) is 0 Å².